The lowest BCUT2D eigenvalue weighted by Crippen LogP contribution is -2.08. The van der Waals surface area contributed by atoms with Gasteiger partial charge in [0.1, 0.15) is 23.5 Å². The van der Waals surface area contributed by atoms with E-state index in [1.807, 2.05) is 6.07 Å². The topological polar surface area (TPSA) is 61.6 Å². The van der Waals surface area contributed by atoms with Crippen molar-refractivity contribution >= 4 is 5.82 Å². The average Bonchev–Trinajstić information content (AvgIpc) is 2.43. The van der Waals surface area contributed by atoms with Crippen molar-refractivity contribution in [2.75, 3.05) is 11.9 Å². The van der Waals surface area contributed by atoms with E-state index in [2.05, 4.69) is 15.3 Å². The van der Waals surface area contributed by atoms with Crippen LogP contribution >= 0.6 is 0 Å². The van der Waals surface area contributed by atoms with E-state index >= 15 is 0 Å². The Morgan fingerprint density at radius 1 is 1.21 bits per heavy atom. The number of rotatable bonds is 4. The molecule has 19 heavy (non-hydrogen) atoms. The molecule has 1 aromatic carbocycles. The number of benzene rings is 1. The quantitative estimate of drug-likeness (QED) is 0.916. The van der Waals surface area contributed by atoms with Crippen molar-refractivity contribution in [3.05, 3.63) is 53.5 Å². The molecule has 1 heterocycles. The third-order valence-electron chi connectivity index (χ3n) is 2.47. The van der Waals surface area contributed by atoms with Gasteiger partial charge in [-0.05, 0) is 30.2 Å². The molecule has 1 aromatic heterocycles. The molecule has 0 aliphatic heterocycles. The van der Waals surface area contributed by atoms with Crippen molar-refractivity contribution in [3.8, 4) is 6.07 Å². The van der Waals surface area contributed by atoms with Crippen molar-refractivity contribution < 1.29 is 8.78 Å². The molecular formula is C13H10F2N4. The summed E-state index contributed by atoms with van der Waals surface area (Å²) in [7, 11) is 0. The lowest BCUT2D eigenvalue weighted by atomic mass is 10.1. The molecule has 0 spiro atoms. The zero-order valence-corrected chi connectivity index (χ0v) is 9.90. The molecule has 0 saturated heterocycles. The van der Waals surface area contributed by atoms with Crippen molar-refractivity contribution in [3.63, 3.8) is 0 Å². The first-order valence-corrected chi connectivity index (χ1v) is 5.59. The predicted octanol–water partition coefficient (Wildman–Crippen LogP) is 2.28. The second-order valence-corrected chi connectivity index (χ2v) is 3.81. The number of nitriles is 1. The fourth-order valence-electron chi connectivity index (χ4n) is 1.54. The van der Waals surface area contributed by atoms with Crippen LogP contribution in [0.1, 0.15) is 11.3 Å². The van der Waals surface area contributed by atoms with Crippen molar-refractivity contribution in [1.29, 1.82) is 5.26 Å². The summed E-state index contributed by atoms with van der Waals surface area (Å²) < 4.78 is 26.3. The Bertz CT molecular complexity index is 605. The standard InChI is InChI=1S/C13H10F2N4/c14-10-1-2-12(15)9(5-10)3-4-17-13-8-18-11(6-16)7-19-13/h1-2,5,7-8H,3-4H2,(H,17,19). The molecule has 0 saturated carbocycles. The summed E-state index contributed by atoms with van der Waals surface area (Å²) in [4.78, 5) is 7.79. The predicted molar refractivity (Wildman–Crippen MR) is 65.3 cm³/mol. The molecule has 0 unspecified atom stereocenters. The zero-order valence-electron chi connectivity index (χ0n) is 9.90. The van der Waals surface area contributed by atoms with Crippen LogP contribution in [0.25, 0.3) is 0 Å². The van der Waals surface area contributed by atoms with Crippen LogP contribution in [-0.2, 0) is 6.42 Å². The molecule has 0 aliphatic carbocycles. The summed E-state index contributed by atoms with van der Waals surface area (Å²) in [6.45, 7) is 0.390. The minimum absolute atomic E-state index is 0.224. The van der Waals surface area contributed by atoms with E-state index in [1.54, 1.807) is 0 Å². The van der Waals surface area contributed by atoms with Crippen LogP contribution in [0.4, 0.5) is 14.6 Å². The summed E-state index contributed by atoms with van der Waals surface area (Å²) >= 11 is 0. The molecule has 1 N–H and O–H groups in total. The molecule has 0 atom stereocenters. The summed E-state index contributed by atoms with van der Waals surface area (Å²) in [5.74, 6) is -0.417. The second-order valence-electron chi connectivity index (χ2n) is 3.81. The summed E-state index contributed by atoms with van der Waals surface area (Å²) in [6.07, 6.45) is 3.08. The fourth-order valence-corrected chi connectivity index (χ4v) is 1.54. The van der Waals surface area contributed by atoms with E-state index in [0.717, 1.165) is 12.1 Å². The van der Waals surface area contributed by atoms with Crippen LogP contribution in [0.5, 0.6) is 0 Å². The maximum atomic E-state index is 13.3. The van der Waals surface area contributed by atoms with Gasteiger partial charge in [0.15, 0.2) is 5.69 Å². The van der Waals surface area contributed by atoms with Gasteiger partial charge in [0.2, 0.25) is 0 Å². The Morgan fingerprint density at radius 2 is 2.05 bits per heavy atom. The number of hydrogen-bond acceptors (Lipinski definition) is 4. The highest BCUT2D eigenvalue weighted by Gasteiger charge is 2.04. The Morgan fingerprint density at radius 3 is 2.74 bits per heavy atom. The van der Waals surface area contributed by atoms with E-state index in [-0.39, 0.29) is 5.69 Å². The van der Waals surface area contributed by atoms with Gasteiger partial charge in [-0.1, -0.05) is 0 Å². The van der Waals surface area contributed by atoms with Crippen molar-refractivity contribution in [2.24, 2.45) is 0 Å². The highest BCUT2D eigenvalue weighted by molar-refractivity contribution is 5.33. The smallest absolute Gasteiger partial charge is 0.158 e. The van der Waals surface area contributed by atoms with Gasteiger partial charge >= 0.3 is 0 Å². The highest BCUT2D eigenvalue weighted by Crippen LogP contribution is 2.10. The largest absolute Gasteiger partial charge is 0.368 e. The third kappa shape index (κ3) is 3.45. The van der Waals surface area contributed by atoms with Crippen LogP contribution < -0.4 is 5.32 Å². The Hall–Kier alpha value is -2.55. The van der Waals surface area contributed by atoms with Gasteiger partial charge < -0.3 is 5.32 Å². The molecule has 0 radical (unpaired) electrons. The zero-order chi connectivity index (χ0) is 13.7. The van der Waals surface area contributed by atoms with Gasteiger partial charge in [-0.25, -0.2) is 18.7 Å². The normalized spacial score (nSPS) is 9.95. The van der Waals surface area contributed by atoms with Gasteiger partial charge in [-0.2, -0.15) is 5.26 Å². The SMILES string of the molecule is N#Cc1cnc(NCCc2cc(F)ccc2F)cn1. The van der Waals surface area contributed by atoms with Crippen LogP contribution in [0.15, 0.2) is 30.6 Å². The number of anilines is 1. The van der Waals surface area contributed by atoms with Crippen LogP contribution in [-0.4, -0.2) is 16.5 Å². The lowest BCUT2D eigenvalue weighted by molar-refractivity contribution is 0.586. The molecule has 0 aliphatic rings. The number of aromatic nitrogens is 2. The third-order valence-corrected chi connectivity index (χ3v) is 2.47. The maximum Gasteiger partial charge on any atom is 0.158 e. The van der Waals surface area contributed by atoms with Gasteiger partial charge in [0.05, 0.1) is 12.4 Å². The maximum absolute atomic E-state index is 13.3. The van der Waals surface area contributed by atoms with Crippen LogP contribution in [0, 0.1) is 23.0 Å². The minimum Gasteiger partial charge on any atom is -0.368 e. The van der Waals surface area contributed by atoms with Gasteiger partial charge in [-0.15, -0.1) is 0 Å². The summed E-state index contributed by atoms with van der Waals surface area (Å²) in [5, 5.41) is 11.5. The number of nitrogens with zero attached hydrogens (tertiary/aromatic N) is 3. The Balaban J connectivity index is 1.92. The van der Waals surface area contributed by atoms with E-state index in [0.29, 0.717) is 24.3 Å². The molecular weight excluding hydrogens is 250 g/mol. The van der Waals surface area contributed by atoms with Crippen molar-refractivity contribution in [2.45, 2.75) is 6.42 Å². The molecule has 0 bridgehead atoms. The van der Waals surface area contributed by atoms with E-state index in [4.69, 9.17) is 5.26 Å². The molecule has 0 amide bonds. The monoisotopic (exact) mass is 260 g/mol. The van der Waals surface area contributed by atoms with Gasteiger partial charge in [0, 0.05) is 6.54 Å². The molecule has 96 valence electrons. The van der Waals surface area contributed by atoms with Crippen LogP contribution in [0.2, 0.25) is 0 Å². The van der Waals surface area contributed by atoms with Crippen molar-refractivity contribution in [1.82, 2.24) is 9.97 Å². The molecule has 4 nitrogen and oxygen atoms in total. The molecule has 0 fully saturated rings. The Kier molecular flexibility index (Phi) is 3.98. The number of halogens is 2. The van der Waals surface area contributed by atoms with E-state index < -0.39 is 11.6 Å². The van der Waals surface area contributed by atoms with Crippen LogP contribution in [0.3, 0.4) is 0 Å². The Labute approximate surface area is 108 Å². The number of hydrogen-bond donors (Lipinski definition) is 1. The molecule has 2 aromatic rings. The fraction of sp³-hybridized carbons (Fsp3) is 0.154. The first-order chi connectivity index (χ1) is 9.19. The van der Waals surface area contributed by atoms with Gasteiger partial charge in [0.25, 0.3) is 0 Å². The average molecular weight is 260 g/mol. The summed E-state index contributed by atoms with van der Waals surface area (Å²) in [6, 6.07) is 5.21. The van der Waals surface area contributed by atoms with E-state index in [1.165, 1.54) is 18.5 Å². The molecule has 2 rings (SSSR count). The van der Waals surface area contributed by atoms with Gasteiger partial charge in [-0.3, -0.25) is 0 Å². The molecule has 6 heteroatoms. The highest BCUT2D eigenvalue weighted by atomic mass is 19.1. The second kappa shape index (κ2) is 5.87. The number of nitrogens with one attached hydrogen (secondary N) is 1. The lowest BCUT2D eigenvalue weighted by Gasteiger charge is -2.06. The summed E-state index contributed by atoms with van der Waals surface area (Å²) in [5.41, 5.74) is 0.524. The first-order valence-electron chi connectivity index (χ1n) is 5.59. The van der Waals surface area contributed by atoms with E-state index in [9.17, 15) is 8.78 Å². The minimum atomic E-state index is -0.463. The first kappa shape index (κ1) is 12.9.